The summed E-state index contributed by atoms with van der Waals surface area (Å²) >= 11 is 7.40. The molecule has 0 saturated heterocycles. The molecule has 1 unspecified atom stereocenters. The van der Waals surface area contributed by atoms with Crippen LogP contribution in [0.2, 0.25) is 0 Å². The van der Waals surface area contributed by atoms with Gasteiger partial charge in [-0.2, -0.15) is 0 Å². The lowest BCUT2D eigenvalue weighted by atomic mass is 10.0. The highest BCUT2D eigenvalue weighted by Gasteiger charge is 2.28. The Kier molecular flexibility index (Phi) is 6.69. The fourth-order valence-electron chi connectivity index (χ4n) is 2.78. The maximum atomic E-state index is 12.7. The molecule has 0 aliphatic carbocycles. The largest absolute Gasteiger partial charge is 0.318 e. The van der Waals surface area contributed by atoms with E-state index in [0.717, 1.165) is 34.8 Å². The first-order valence-corrected chi connectivity index (χ1v) is 9.78. The van der Waals surface area contributed by atoms with E-state index in [4.69, 9.17) is 11.6 Å². The molecule has 0 aliphatic rings. The molecule has 2 rings (SSSR count). The number of nitrogens with one attached hydrogen (secondary N) is 1. The predicted molar refractivity (Wildman–Crippen MR) is 100.0 cm³/mol. The Balaban J connectivity index is 2.55. The number of para-hydroxylation sites is 1. The number of aryl methyl sites for hydroxylation is 2. The lowest BCUT2D eigenvalue weighted by molar-refractivity contribution is -0.116. The molecule has 1 N–H and O–H groups in total. The first-order valence-electron chi connectivity index (χ1n) is 8.02. The molecule has 1 amide bonds. The van der Waals surface area contributed by atoms with Crippen molar-refractivity contribution in [2.45, 2.75) is 44.8 Å². The Morgan fingerprint density at radius 2 is 1.92 bits per heavy atom. The summed E-state index contributed by atoms with van der Waals surface area (Å²) in [5, 5.41) is 9.02. The molecule has 0 saturated carbocycles. The predicted octanol–water partition coefficient (Wildman–Crippen LogP) is 3.98. The number of alkyl halides is 1. The molecule has 0 bridgehead atoms. The van der Waals surface area contributed by atoms with Crippen molar-refractivity contribution >= 4 is 35.0 Å². The summed E-state index contributed by atoms with van der Waals surface area (Å²) in [6, 6.07) is 5.88. The van der Waals surface area contributed by atoms with E-state index in [1.165, 1.54) is 11.8 Å². The molecule has 5 nitrogen and oxygen atoms in total. The van der Waals surface area contributed by atoms with E-state index in [0.29, 0.717) is 5.82 Å². The molecule has 7 heteroatoms. The van der Waals surface area contributed by atoms with Crippen LogP contribution in [0.5, 0.6) is 0 Å². The maximum Gasteiger partial charge on any atom is 0.242 e. The lowest BCUT2D eigenvalue weighted by Crippen LogP contribution is -2.36. The molecule has 0 radical (unpaired) electrons. The van der Waals surface area contributed by atoms with E-state index < -0.39 is 0 Å². The Bertz CT molecular complexity index is 681. The Morgan fingerprint density at radius 3 is 2.38 bits per heavy atom. The van der Waals surface area contributed by atoms with Crippen molar-refractivity contribution in [2.24, 2.45) is 0 Å². The molecule has 0 spiro atoms. The average molecular weight is 367 g/mol. The topological polar surface area (TPSA) is 61.9 Å². The summed E-state index contributed by atoms with van der Waals surface area (Å²) < 4.78 is 0. The molecular formula is C17H23ClN4OS. The van der Waals surface area contributed by atoms with Gasteiger partial charge in [0.1, 0.15) is 5.88 Å². The Hall–Kier alpha value is -1.53. The SMILES string of the molecule is CCc1cccc(CC)c1N(C(=O)CCl)C(C)c1nnc(SC)[nH]1. The third kappa shape index (κ3) is 3.75. The summed E-state index contributed by atoms with van der Waals surface area (Å²) in [6.07, 6.45) is 3.61. The van der Waals surface area contributed by atoms with Crippen LogP contribution < -0.4 is 4.90 Å². The van der Waals surface area contributed by atoms with Crippen LogP contribution in [0, 0.1) is 0 Å². The van der Waals surface area contributed by atoms with Crippen LogP contribution >= 0.6 is 23.4 Å². The Labute approximate surface area is 152 Å². The molecule has 130 valence electrons. The molecule has 0 fully saturated rings. The van der Waals surface area contributed by atoms with Crippen molar-refractivity contribution in [2.75, 3.05) is 17.0 Å². The number of nitrogens with zero attached hydrogens (tertiary/aromatic N) is 3. The maximum absolute atomic E-state index is 12.7. The van der Waals surface area contributed by atoms with Gasteiger partial charge in [0, 0.05) is 0 Å². The van der Waals surface area contributed by atoms with Crippen molar-refractivity contribution in [1.82, 2.24) is 15.2 Å². The van der Waals surface area contributed by atoms with Crippen LogP contribution in [0.25, 0.3) is 0 Å². The number of hydrogen-bond donors (Lipinski definition) is 1. The van der Waals surface area contributed by atoms with E-state index in [1.807, 2.05) is 19.2 Å². The zero-order valence-corrected chi connectivity index (χ0v) is 16.0. The van der Waals surface area contributed by atoms with Gasteiger partial charge >= 0.3 is 0 Å². The van der Waals surface area contributed by atoms with Crippen LogP contribution in [0.3, 0.4) is 0 Å². The molecule has 1 heterocycles. The first-order chi connectivity index (χ1) is 11.6. The van der Waals surface area contributed by atoms with Crippen molar-refractivity contribution in [3.8, 4) is 0 Å². The number of hydrogen-bond acceptors (Lipinski definition) is 4. The van der Waals surface area contributed by atoms with Gasteiger partial charge in [0.15, 0.2) is 11.0 Å². The summed E-state index contributed by atoms with van der Waals surface area (Å²) in [5.41, 5.74) is 3.20. The van der Waals surface area contributed by atoms with Gasteiger partial charge in [0.05, 0.1) is 11.7 Å². The van der Waals surface area contributed by atoms with Crippen molar-refractivity contribution in [3.05, 3.63) is 35.2 Å². The fraction of sp³-hybridized carbons (Fsp3) is 0.471. The monoisotopic (exact) mass is 366 g/mol. The fourth-order valence-corrected chi connectivity index (χ4v) is 3.24. The minimum absolute atomic E-state index is 0.0743. The Morgan fingerprint density at radius 1 is 1.29 bits per heavy atom. The van der Waals surface area contributed by atoms with Crippen molar-refractivity contribution in [1.29, 1.82) is 0 Å². The highest BCUT2D eigenvalue weighted by molar-refractivity contribution is 7.98. The number of carbonyl (C=O) groups excluding carboxylic acids is 1. The van der Waals surface area contributed by atoms with E-state index in [9.17, 15) is 4.79 Å². The summed E-state index contributed by atoms with van der Waals surface area (Å²) in [4.78, 5) is 17.6. The van der Waals surface area contributed by atoms with Crippen molar-refractivity contribution < 1.29 is 4.79 Å². The van der Waals surface area contributed by atoms with Gasteiger partial charge in [0.2, 0.25) is 5.91 Å². The van der Waals surface area contributed by atoms with Crippen molar-refractivity contribution in [3.63, 3.8) is 0 Å². The second kappa shape index (κ2) is 8.53. The average Bonchev–Trinajstić information content (AvgIpc) is 3.10. The minimum atomic E-state index is -0.275. The molecule has 1 atom stereocenters. The highest BCUT2D eigenvalue weighted by Crippen LogP contribution is 2.33. The van der Waals surface area contributed by atoms with Gasteiger partial charge in [-0.15, -0.1) is 21.8 Å². The minimum Gasteiger partial charge on any atom is -0.318 e. The molecule has 0 aliphatic heterocycles. The molecule has 1 aromatic heterocycles. The van der Waals surface area contributed by atoms with Crippen LogP contribution in [0.4, 0.5) is 5.69 Å². The van der Waals surface area contributed by atoms with Gasteiger partial charge in [-0.1, -0.05) is 43.8 Å². The molecular weight excluding hydrogens is 344 g/mol. The van der Waals surface area contributed by atoms with Crippen LogP contribution in [0.1, 0.15) is 43.8 Å². The number of halogens is 1. The standard InChI is InChI=1S/C17H23ClN4OS/c1-5-12-8-7-9-13(6-2)15(12)22(14(23)10-18)11(3)16-19-17(24-4)21-20-16/h7-9,11H,5-6,10H2,1-4H3,(H,19,20,21). The number of rotatable bonds is 7. The molecule has 24 heavy (non-hydrogen) atoms. The second-order valence-corrected chi connectivity index (χ2v) is 6.49. The number of H-pyrrole nitrogens is 1. The van der Waals surface area contributed by atoms with Gasteiger partial charge < -0.3 is 9.88 Å². The van der Waals surface area contributed by atoms with E-state index >= 15 is 0 Å². The summed E-state index contributed by atoms with van der Waals surface area (Å²) in [6.45, 7) is 6.13. The number of carbonyl (C=O) groups is 1. The second-order valence-electron chi connectivity index (χ2n) is 5.42. The van der Waals surface area contributed by atoms with E-state index in [1.54, 1.807) is 4.90 Å². The lowest BCUT2D eigenvalue weighted by Gasteiger charge is -2.31. The molecule has 1 aromatic carbocycles. The van der Waals surface area contributed by atoms with Gasteiger partial charge in [-0.05, 0) is 37.1 Å². The third-order valence-electron chi connectivity index (χ3n) is 4.05. The third-order valence-corrected chi connectivity index (χ3v) is 4.85. The van der Waals surface area contributed by atoms with E-state index in [-0.39, 0.29) is 17.8 Å². The highest BCUT2D eigenvalue weighted by atomic mass is 35.5. The number of anilines is 1. The van der Waals surface area contributed by atoms with E-state index in [2.05, 4.69) is 41.2 Å². The number of benzene rings is 1. The molecule has 2 aromatic rings. The zero-order valence-electron chi connectivity index (χ0n) is 14.5. The van der Waals surface area contributed by atoms with Gasteiger partial charge in [0.25, 0.3) is 0 Å². The summed E-state index contributed by atoms with van der Waals surface area (Å²) in [7, 11) is 0. The van der Waals surface area contributed by atoms with Crippen LogP contribution in [0.15, 0.2) is 23.4 Å². The normalized spacial score (nSPS) is 12.2. The van der Waals surface area contributed by atoms with Crippen LogP contribution in [-0.2, 0) is 17.6 Å². The smallest absolute Gasteiger partial charge is 0.242 e. The quantitative estimate of drug-likeness (QED) is 0.594. The first kappa shape index (κ1) is 18.8. The number of thioether (sulfide) groups is 1. The number of aromatic nitrogens is 3. The number of aromatic amines is 1. The zero-order chi connectivity index (χ0) is 17.7. The number of amides is 1. The summed E-state index contributed by atoms with van der Waals surface area (Å²) in [5.74, 6) is 0.447. The van der Waals surface area contributed by atoms with Gasteiger partial charge in [-0.3, -0.25) is 4.79 Å². The van der Waals surface area contributed by atoms with Crippen LogP contribution in [-0.4, -0.2) is 33.2 Å². The van der Waals surface area contributed by atoms with Gasteiger partial charge in [-0.25, -0.2) is 0 Å².